The maximum absolute atomic E-state index is 9.46. The van der Waals surface area contributed by atoms with Gasteiger partial charge in [-0.15, -0.1) is 0 Å². The minimum Gasteiger partial charge on any atom is -0.391 e. The summed E-state index contributed by atoms with van der Waals surface area (Å²) in [4.78, 5) is 3.99. The SMILES string of the molecule is CCC(O)Cn1cc2ccncc2n1. The van der Waals surface area contributed by atoms with Crippen LogP contribution in [0.4, 0.5) is 0 Å². The highest BCUT2D eigenvalue weighted by molar-refractivity contribution is 5.76. The lowest BCUT2D eigenvalue weighted by Crippen LogP contribution is -2.14. The molecular weight excluding hydrogens is 178 g/mol. The van der Waals surface area contributed by atoms with Gasteiger partial charge in [0.25, 0.3) is 0 Å². The summed E-state index contributed by atoms with van der Waals surface area (Å²) < 4.78 is 1.76. The van der Waals surface area contributed by atoms with Crippen molar-refractivity contribution in [3.63, 3.8) is 0 Å². The monoisotopic (exact) mass is 191 g/mol. The van der Waals surface area contributed by atoms with E-state index in [-0.39, 0.29) is 6.10 Å². The zero-order valence-electron chi connectivity index (χ0n) is 8.09. The van der Waals surface area contributed by atoms with Crippen molar-refractivity contribution in [3.05, 3.63) is 24.7 Å². The lowest BCUT2D eigenvalue weighted by molar-refractivity contribution is 0.145. The average Bonchev–Trinajstić information content (AvgIpc) is 2.59. The maximum atomic E-state index is 9.46. The molecule has 0 saturated carbocycles. The van der Waals surface area contributed by atoms with Crippen molar-refractivity contribution in [3.8, 4) is 0 Å². The Hall–Kier alpha value is -1.42. The molecule has 2 heterocycles. The van der Waals surface area contributed by atoms with Gasteiger partial charge in [-0.3, -0.25) is 9.67 Å². The van der Waals surface area contributed by atoms with Gasteiger partial charge in [-0.2, -0.15) is 5.10 Å². The quantitative estimate of drug-likeness (QED) is 0.793. The van der Waals surface area contributed by atoms with Crippen LogP contribution in [0.25, 0.3) is 10.9 Å². The molecule has 0 radical (unpaired) electrons. The van der Waals surface area contributed by atoms with Gasteiger partial charge in [0.1, 0.15) is 5.52 Å². The Morgan fingerprint density at radius 3 is 3.14 bits per heavy atom. The maximum Gasteiger partial charge on any atom is 0.111 e. The molecule has 4 nitrogen and oxygen atoms in total. The van der Waals surface area contributed by atoms with E-state index in [9.17, 15) is 5.11 Å². The van der Waals surface area contributed by atoms with Gasteiger partial charge < -0.3 is 5.11 Å². The van der Waals surface area contributed by atoms with Gasteiger partial charge in [0, 0.05) is 17.8 Å². The molecule has 0 saturated heterocycles. The van der Waals surface area contributed by atoms with E-state index in [2.05, 4.69) is 10.1 Å². The number of fused-ring (bicyclic) bond motifs is 1. The molecule has 74 valence electrons. The first kappa shape index (κ1) is 9.15. The number of hydrogen-bond acceptors (Lipinski definition) is 3. The van der Waals surface area contributed by atoms with Crippen LogP contribution in [-0.4, -0.2) is 26.0 Å². The molecule has 0 amide bonds. The van der Waals surface area contributed by atoms with Crippen molar-refractivity contribution in [2.24, 2.45) is 0 Å². The minimum absolute atomic E-state index is 0.322. The van der Waals surface area contributed by atoms with E-state index in [0.29, 0.717) is 6.54 Å². The van der Waals surface area contributed by atoms with Crippen LogP contribution in [0.2, 0.25) is 0 Å². The summed E-state index contributed by atoms with van der Waals surface area (Å²) in [6.07, 6.45) is 5.82. The van der Waals surface area contributed by atoms with Crippen LogP contribution < -0.4 is 0 Å². The number of aliphatic hydroxyl groups is 1. The van der Waals surface area contributed by atoms with Crippen molar-refractivity contribution in [2.45, 2.75) is 26.0 Å². The summed E-state index contributed by atoms with van der Waals surface area (Å²) >= 11 is 0. The number of pyridine rings is 1. The highest BCUT2D eigenvalue weighted by Gasteiger charge is 2.04. The molecule has 2 rings (SSSR count). The molecule has 4 heteroatoms. The molecule has 1 unspecified atom stereocenters. The van der Waals surface area contributed by atoms with Crippen molar-refractivity contribution in [2.75, 3.05) is 0 Å². The molecule has 0 aliphatic heterocycles. The first-order valence-electron chi connectivity index (χ1n) is 4.75. The molecule has 0 aromatic carbocycles. The molecule has 2 aromatic heterocycles. The lowest BCUT2D eigenvalue weighted by atomic mass is 10.3. The molecule has 0 aliphatic carbocycles. The van der Waals surface area contributed by atoms with Crippen molar-refractivity contribution < 1.29 is 5.11 Å². The number of aliphatic hydroxyl groups excluding tert-OH is 1. The molecule has 2 aromatic rings. The highest BCUT2D eigenvalue weighted by Crippen LogP contribution is 2.09. The molecule has 0 fully saturated rings. The summed E-state index contributed by atoms with van der Waals surface area (Å²) in [5.74, 6) is 0. The van der Waals surface area contributed by atoms with E-state index in [0.717, 1.165) is 17.3 Å². The van der Waals surface area contributed by atoms with Crippen molar-refractivity contribution >= 4 is 10.9 Å². The second-order valence-corrected chi connectivity index (χ2v) is 3.35. The molecular formula is C10H13N3O. The summed E-state index contributed by atoms with van der Waals surface area (Å²) in [6.45, 7) is 2.50. The molecule has 0 aliphatic rings. The van der Waals surface area contributed by atoms with Crippen LogP contribution in [0.3, 0.4) is 0 Å². The Bertz CT molecular complexity index is 391. The highest BCUT2D eigenvalue weighted by atomic mass is 16.3. The third-order valence-electron chi connectivity index (χ3n) is 2.23. The Labute approximate surface area is 82.2 Å². The fourth-order valence-electron chi connectivity index (χ4n) is 1.36. The van der Waals surface area contributed by atoms with E-state index < -0.39 is 0 Å². The first-order valence-corrected chi connectivity index (χ1v) is 4.75. The Balaban J connectivity index is 2.27. The number of rotatable bonds is 3. The van der Waals surface area contributed by atoms with E-state index in [1.54, 1.807) is 17.1 Å². The molecule has 1 atom stereocenters. The number of nitrogens with zero attached hydrogens (tertiary/aromatic N) is 3. The van der Waals surface area contributed by atoms with Gasteiger partial charge in [-0.05, 0) is 12.5 Å². The van der Waals surface area contributed by atoms with Crippen LogP contribution in [0.1, 0.15) is 13.3 Å². The van der Waals surface area contributed by atoms with Crippen LogP contribution in [0.5, 0.6) is 0 Å². The second-order valence-electron chi connectivity index (χ2n) is 3.35. The zero-order chi connectivity index (χ0) is 9.97. The van der Waals surface area contributed by atoms with E-state index in [1.807, 2.05) is 19.2 Å². The standard InChI is InChI=1S/C10H13N3O/c1-2-9(14)7-13-6-8-3-4-11-5-10(8)12-13/h3-6,9,14H,2,7H2,1H3. The van der Waals surface area contributed by atoms with Gasteiger partial charge in [0.15, 0.2) is 0 Å². The molecule has 1 N–H and O–H groups in total. The summed E-state index contributed by atoms with van der Waals surface area (Å²) in [7, 11) is 0. The topological polar surface area (TPSA) is 50.9 Å². The van der Waals surface area contributed by atoms with Crippen LogP contribution in [-0.2, 0) is 6.54 Å². The lowest BCUT2D eigenvalue weighted by Gasteiger charge is -2.06. The predicted octanol–water partition coefficient (Wildman–Crippen LogP) is 1.20. The largest absolute Gasteiger partial charge is 0.391 e. The van der Waals surface area contributed by atoms with Crippen LogP contribution in [0.15, 0.2) is 24.7 Å². The first-order chi connectivity index (χ1) is 6.79. The molecule has 14 heavy (non-hydrogen) atoms. The Kier molecular flexibility index (Phi) is 2.45. The van der Waals surface area contributed by atoms with Gasteiger partial charge in [0.2, 0.25) is 0 Å². The third-order valence-corrected chi connectivity index (χ3v) is 2.23. The van der Waals surface area contributed by atoms with Crippen LogP contribution in [0, 0.1) is 0 Å². The van der Waals surface area contributed by atoms with Gasteiger partial charge in [0.05, 0.1) is 18.8 Å². The smallest absolute Gasteiger partial charge is 0.111 e. The van der Waals surface area contributed by atoms with Gasteiger partial charge in [-0.1, -0.05) is 6.92 Å². The predicted molar refractivity (Wildman–Crippen MR) is 53.8 cm³/mol. The summed E-state index contributed by atoms with van der Waals surface area (Å²) in [5.41, 5.74) is 0.871. The Morgan fingerprint density at radius 2 is 2.43 bits per heavy atom. The number of hydrogen-bond donors (Lipinski definition) is 1. The number of aromatic nitrogens is 3. The second kappa shape index (κ2) is 3.75. The fourth-order valence-corrected chi connectivity index (χ4v) is 1.36. The molecule has 0 spiro atoms. The average molecular weight is 191 g/mol. The Morgan fingerprint density at radius 1 is 1.57 bits per heavy atom. The van der Waals surface area contributed by atoms with E-state index in [1.165, 1.54) is 0 Å². The fraction of sp³-hybridized carbons (Fsp3) is 0.400. The summed E-state index contributed by atoms with van der Waals surface area (Å²) in [5, 5.41) is 14.8. The van der Waals surface area contributed by atoms with Gasteiger partial charge in [-0.25, -0.2) is 0 Å². The molecule has 0 bridgehead atoms. The zero-order valence-corrected chi connectivity index (χ0v) is 8.09. The van der Waals surface area contributed by atoms with E-state index in [4.69, 9.17) is 0 Å². The van der Waals surface area contributed by atoms with Crippen LogP contribution >= 0.6 is 0 Å². The minimum atomic E-state index is -0.322. The van der Waals surface area contributed by atoms with Crippen molar-refractivity contribution in [1.29, 1.82) is 0 Å². The van der Waals surface area contributed by atoms with Crippen molar-refractivity contribution in [1.82, 2.24) is 14.8 Å². The van der Waals surface area contributed by atoms with Gasteiger partial charge >= 0.3 is 0 Å². The summed E-state index contributed by atoms with van der Waals surface area (Å²) in [6, 6.07) is 1.91. The third kappa shape index (κ3) is 1.75. The normalized spacial score (nSPS) is 13.3. The van der Waals surface area contributed by atoms with E-state index >= 15 is 0 Å².